The van der Waals surface area contributed by atoms with Crippen LogP contribution in [0.1, 0.15) is 19.5 Å². The summed E-state index contributed by atoms with van der Waals surface area (Å²) >= 11 is 0. The van der Waals surface area contributed by atoms with Crippen LogP contribution in [-0.2, 0) is 17.5 Å². The first kappa shape index (κ1) is 14.5. The molecular formula is C11H16F3N3O. The van der Waals surface area contributed by atoms with Gasteiger partial charge in [0.05, 0.1) is 0 Å². The first-order valence-electron chi connectivity index (χ1n) is 5.54. The van der Waals surface area contributed by atoms with Crippen LogP contribution < -0.4 is 0 Å². The standard InChI is InChI=1S/C11H16F3N3O/c1-8(2)6-16(3)10(18)7-17-5-4-9(15-17)11(12,13)14/h4-5,8H,6-7H2,1-3H3. The van der Waals surface area contributed by atoms with E-state index in [0.29, 0.717) is 12.5 Å². The van der Waals surface area contributed by atoms with Crippen molar-refractivity contribution in [2.24, 2.45) is 5.92 Å². The summed E-state index contributed by atoms with van der Waals surface area (Å²) in [6, 6.07) is 0.857. The zero-order valence-corrected chi connectivity index (χ0v) is 10.5. The van der Waals surface area contributed by atoms with Gasteiger partial charge in [-0.3, -0.25) is 9.48 Å². The Balaban J connectivity index is 2.63. The van der Waals surface area contributed by atoms with E-state index in [2.05, 4.69) is 5.10 Å². The first-order valence-corrected chi connectivity index (χ1v) is 5.54. The molecule has 0 unspecified atom stereocenters. The molecule has 102 valence electrons. The molecule has 0 aliphatic carbocycles. The molecule has 4 nitrogen and oxygen atoms in total. The lowest BCUT2D eigenvalue weighted by Crippen LogP contribution is -2.33. The van der Waals surface area contributed by atoms with E-state index in [-0.39, 0.29) is 12.5 Å². The Kier molecular flexibility index (Phi) is 4.37. The van der Waals surface area contributed by atoms with Crippen LogP contribution in [-0.4, -0.2) is 34.2 Å². The Bertz CT molecular complexity index is 412. The van der Waals surface area contributed by atoms with Crippen molar-refractivity contribution in [1.29, 1.82) is 0 Å². The molecule has 0 saturated heterocycles. The van der Waals surface area contributed by atoms with Gasteiger partial charge >= 0.3 is 6.18 Å². The number of carbonyl (C=O) groups excluding carboxylic acids is 1. The van der Waals surface area contributed by atoms with E-state index in [1.165, 1.54) is 4.90 Å². The molecule has 0 atom stereocenters. The van der Waals surface area contributed by atoms with Crippen LogP contribution in [0, 0.1) is 5.92 Å². The monoisotopic (exact) mass is 263 g/mol. The van der Waals surface area contributed by atoms with E-state index < -0.39 is 11.9 Å². The molecule has 0 saturated carbocycles. The van der Waals surface area contributed by atoms with Crippen LogP contribution >= 0.6 is 0 Å². The second-order valence-electron chi connectivity index (χ2n) is 4.56. The van der Waals surface area contributed by atoms with E-state index in [1.807, 2.05) is 13.8 Å². The van der Waals surface area contributed by atoms with Gasteiger partial charge in [-0.1, -0.05) is 13.8 Å². The van der Waals surface area contributed by atoms with Crippen molar-refractivity contribution in [2.45, 2.75) is 26.6 Å². The number of hydrogen-bond acceptors (Lipinski definition) is 2. The molecule has 0 aliphatic rings. The fourth-order valence-electron chi connectivity index (χ4n) is 1.51. The lowest BCUT2D eigenvalue weighted by atomic mass is 10.2. The van der Waals surface area contributed by atoms with Gasteiger partial charge in [0.2, 0.25) is 5.91 Å². The summed E-state index contributed by atoms with van der Waals surface area (Å²) in [5, 5.41) is 3.33. The summed E-state index contributed by atoms with van der Waals surface area (Å²) in [5.74, 6) is 0.0443. The normalized spacial score (nSPS) is 11.9. The number of nitrogens with zero attached hydrogens (tertiary/aromatic N) is 3. The summed E-state index contributed by atoms with van der Waals surface area (Å²) < 4.78 is 37.9. The molecule has 1 aromatic rings. The van der Waals surface area contributed by atoms with Crippen molar-refractivity contribution in [3.05, 3.63) is 18.0 Å². The number of amides is 1. The van der Waals surface area contributed by atoms with Crippen LogP contribution in [0.15, 0.2) is 12.3 Å². The molecule has 7 heteroatoms. The maximum atomic E-state index is 12.3. The molecule has 1 aromatic heterocycles. The highest BCUT2D eigenvalue weighted by Gasteiger charge is 2.33. The third-order valence-electron chi connectivity index (χ3n) is 2.29. The van der Waals surface area contributed by atoms with Crippen LogP contribution in [0.4, 0.5) is 13.2 Å². The van der Waals surface area contributed by atoms with Crippen molar-refractivity contribution < 1.29 is 18.0 Å². The van der Waals surface area contributed by atoms with Crippen molar-refractivity contribution in [3.8, 4) is 0 Å². The number of alkyl halides is 3. The fraction of sp³-hybridized carbons (Fsp3) is 0.636. The second kappa shape index (κ2) is 5.41. The summed E-state index contributed by atoms with van der Waals surface area (Å²) in [4.78, 5) is 13.2. The van der Waals surface area contributed by atoms with Crippen molar-refractivity contribution in [2.75, 3.05) is 13.6 Å². The number of rotatable bonds is 4. The van der Waals surface area contributed by atoms with Gasteiger partial charge in [-0.2, -0.15) is 18.3 Å². The van der Waals surface area contributed by atoms with Gasteiger partial charge in [0.15, 0.2) is 5.69 Å². The van der Waals surface area contributed by atoms with Gasteiger partial charge in [0, 0.05) is 19.8 Å². The van der Waals surface area contributed by atoms with E-state index in [9.17, 15) is 18.0 Å². The minimum absolute atomic E-state index is 0.181. The average molecular weight is 263 g/mol. The number of halogens is 3. The van der Waals surface area contributed by atoms with Gasteiger partial charge < -0.3 is 4.90 Å². The Hall–Kier alpha value is -1.53. The van der Waals surface area contributed by atoms with Gasteiger partial charge in [-0.25, -0.2) is 0 Å². The summed E-state index contributed by atoms with van der Waals surface area (Å²) in [5.41, 5.74) is -0.984. The molecule has 1 amide bonds. The third-order valence-corrected chi connectivity index (χ3v) is 2.29. The first-order chi connectivity index (χ1) is 8.20. The Morgan fingerprint density at radius 1 is 1.50 bits per heavy atom. The summed E-state index contributed by atoms with van der Waals surface area (Å²) in [6.45, 7) is 4.30. The van der Waals surface area contributed by atoms with E-state index in [1.54, 1.807) is 7.05 Å². The molecule has 0 radical (unpaired) electrons. The Labute approximate surface area is 103 Å². The molecule has 0 N–H and O–H groups in total. The molecular weight excluding hydrogens is 247 g/mol. The topological polar surface area (TPSA) is 38.1 Å². The molecule has 0 spiro atoms. The smallest absolute Gasteiger partial charge is 0.344 e. The molecule has 1 heterocycles. The Morgan fingerprint density at radius 3 is 2.56 bits per heavy atom. The van der Waals surface area contributed by atoms with Crippen molar-refractivity contribution in [3.63, 3.8) is 0 Å². The maximum absolute atomic E-state index is 12.3. The molecule has 0 aromatic carbocycles. The number of aromatic nitrogens is 2. The second-order valence-corrected chi connectivity index (χ2v) is 4.56. The van der Waals surface area contributed by atoms with Gasteiger partial charge in [-0.15, -0.1) is 0 Å². The SMILES string of the molecule is CC(C)CN(C)C(=O)Cn1ccc(C(F)(F)F)n1. The number of hydrogen-bond donors (Lipinski definition) is 0. The lowest BCUT2D eigenvalue weighted by Gasteiger charge is -2.19. The minimum atomic E-state index is -4.47. The minimum Gasteiger partial charge on any atom is -0.344 e. The maximum Gasteiger partial charge on any atom is 0.435 e. The van der Waals surface area contributed by atoms with Crippen molar-refractivity contribution >= 4 is 5.91 Å². The highest BCUT2D eigenvalue weighted by molar-refractivity contribution is 5.75. The van der Waals surface area contributed by atoms with Gasteiger partial charge in [0.1, 0.15) is 6.54 Å². The van der Waals surface area contributed by atoms with E-state index in [4.69, 9.17) is 0 Å². The molecule has 1 rings (SSSR count). The lowest BCUT2D eigenvalue weighted by molar-refractivity contribution is -0.142. The zero-order valence-electron chi connectivity index (χ0n) is 10.5. The summed E-state index contributed by atoms with van der Waals surface area (Å²) in [7, 11) is 1.62. The van der Waals surface area contributed by atoms with Crippen molar-refractivity contribution in [1.82, 2.24) is 14.7 Å². The molecule has 0 bridgehead atoms. The van der Waals surface area contributed by atoms with E-state index in [0.717, 1.165) is 16.9 Å². The predicted molar refractivity (Wildman–Crippen MR) is 59.7 cm³/mol. The Morgan fingerprint density at radius 2 is 2.11 bits per heavy atom. The predicted octanol–water partition coefficient (Wildman–Crippen LogP) is 2.02. The van der Waals surface area contributed by atoms with Crippen LogP contribution in [0.2, 0.25) is 0 Å². The van der Waals surface area contributed by atoms with Gasteiger partial charge in [-0.05, 0) is 12.0 Å². The molecule has 18 heavy (non-hydrogen) atoms. The largest absolute Gasteiger partial charge is 0.435 e. The van der Waals surface area contributed by atoms with Crippen LogP contribution in [0.25, 0.3) is 0 Å². The fourth-order valence-corrected chi connectivity index (χ4v) is 1.51. The van der Waals surface area contributed by atoms with Gasteiger partial charge in [0.25, 0.3) is 0 Å². The third kappa shape index (κ3) is 4.05. The average Bonchev–Trinajstić information content (AvgIpc) is 2.64. The highest BCUT2D eigenvalue weighted by atomic mass is 19.4. The number of likely N-dealkylation sites (N-methyl/N-ethyl adjacent to an activating group) is 1. The van der Waals surface area contributed by atoms with E-state index >= 15 is 0 Å². The number of carbonyl (C=O) groups is 1. The van der Waals surface area contributed by atoms with Crippen LogP contribution in [0.5, 0.6) is 0 Å². The highest BCUT2D eigenvalue weighted by Crippen LogP contribution is 2.27. The summed E-state index contributed by atoms with van der Waals surface area (Å²) in [6.07, 6.45) is -3.32. The molecule has 0 aliphatic heterocycles. The van der Waals surface area contributed by atoms with Crippen LogP contribution in [0.3, 0.4) is 0 Å². The quantitative estimate of drug-likeness (QED) is 0.833. The molecule has 0 fully saturated rings. The zero-order chi connectivity index (χ0) is 13.9.